The van der Waals surface area contributed by atoms with Crippen molar-refractivity contribution in [3.8, 4) is 11.5 Å². The first-order valence-electron chi connectivity index (χ1n) is 6.28. The van der Waals surface area contributed by atoms with E-state index in [2.05, 4.69) is 0 Å². The summed E-state index contributed by atoms with van der Waals surface area (Å²) in [5.74, 6) is -0.755. The zero-order valence-electron chi connectivity index (χ0n) is 11.9. The van der Waals surface area contributed by atoms with Crippen molar-refractivity contribution in [3.05, 3.63) is 58.7 Å². The first kappa shape index (κ1) is 16.5. The van der Waals surface area contributed by atoms with Crippen molar-refractivity contribution in [2.75, 3.05) is 0 Å². The summed E-state index contributed by atoms with van der Waals surface area (Å²) in [6, 6.07) is 9.53. The zero-order chi connectivity index (χ0) is 16.0. The molecule has 4 N–H and O–H groups in total. The maximum Gasteiger partial charge on any atom is 0.336 e. The van der Waals surface area contributed by atoms with Crippen LogP contribution in [0, 0.1) is 13.8 Å². The summed E-state index contributed by atoms with van der Waals surface area (Å²) in [6.45, 7) is 3.33. The van der Waals surface area contributed by atoms with Gasteiger partial charge in [0.15, 0.2) is 0 Å². The molecule has 0 amide bonds. The van der Waals surface area contributed by atoms with E-state index in [0.717, 1.165) is 11.1 Å². The van der Waals surface area contributed by atoms with Gasteiger partial charge in [0.05, 0.1) is 12.2 Å². The molecule has 5 nitrogen and oxygen atoms in total. The lowest BCUT2D eigenvalue weighted by Gasteiger charge is -2.02. The third kappa shape index (κ3) is 4.22. The SMILES string of the molecule is Cc1c(O)cccc1C(=O)O.Cc1c(O)cccc1CO. The number of carboxylic acid groups (broad SMARTS) is 1. The maximum absolute atomic E-state index is 10.5. The van der Waals surface area contributed by atoms with Crippen molar-refractivity contribution in [2.24, 2.45) is 0 Å². The van der Waals surface area contributed by atoms with E-state index in [1.807, 2.05) is 0 Å². The molecule has 0 bridgehead atoms. The standard InChI is InChI=1S/C8H8O3.C8H10O2/c1-5-6(8(10)11)3-2-4-7(5)9;1-6-7(5-9)3-2-4-8(6)10/h2-4,9H,1H3,(H,10,11);2-4,9-10H,5H2,1H3. The minimum absolute atomic E-state index is 0.0137. The van der Waals surface area contributed by atoms with Gasteiger partial charge >= 0.3 is 5.97 Å². The number of aliphatic hydroxyl groups is 1. The fourth-order valence-corrected chi connectivity index (χ4v) is 1.70. The van der Waals surface area contributed by atoms with Crippen LogP contribution in [0.4, 0.5) is 0 Å². The molecule has 0 saturated carbocycles. The van der Waals surface area contributed by atoms with Crippen LogP contribution in [0.3, 0.4) is 0 Å². The first-order valence-corrected chi connectivity index (χ1v) is 6.28. The number of carbonyl (C=O) groups is 1. The average molecular weight is 290 g/mol. The Balaban J connectivity index is 0.000000211. The highest BCUT2D eigenvalue weighted by Crippen LogP contribution is 2.19. The number of carboxylic acids is 1. The number of aromatic hydroxyl groups is 2. The highest BCUT2D eigenvalue weighted by atomic mass is 16.4. The number of aliphatic hydroxyl groups excluding tert-OH is 1. The molecular formula is C16H18O5. The van der Waals surface area contributed by atoms with Gasteiger partial charge in [-0.05, 0) is 43.2 Å². The predicted molar refractivity (Wildman–Crippen MR) is 78.6 cm³/mol. The molecule has 0 fully saturated rings. The Kier molecular flexibility index (Phi) is 5.75. The van der Waals surface area contributed by atoms with Gasteiger partial charge in [-0.3, -0.25) is 0 Å². The normalized spacial score (nSPS) is 9.67. The van der Waals surface area contributed by atoms with Crippen LogP contribution < -0.4 is 0 Å². The number of hydrogen-bond donors (Lipinski definition) is 4. The zero-order valence-corrected chi connectivity index (χ0v) is 11.9. The molecule has 0 radical (unpaired) electrons. The van der Waals surface area contributed by atoms with E-state index in [4.69, 9.17) is 20.4 Å². The summed E-state index contributed by atoms with van der Waals surface area (Å²) in [4.78, 5) is 10.5. The van der Waals surface area contributed by atoms with Crippen molar-refractivity contribution in [2.45, 2.75) is 20.5 Å². The highest BCUT2D eigenvalue weighted by molar-refractivity contribution is 5.90. The Morgan fingerprint density at radius 1 is 0.952 bits per heavy atom. The quantitative estimate of drug-likeness (QED) is 0.681. The Labute approximate surface area is 122 Å². The molecule has 0 atom stereocenters. The van der Waals surface area contributed by atoms with Crippen molar-refractivity contribution < 1.29 is 25.2 Å². The van der Waals surface area contributed by atoms with E-state index in [9.17, 15) is 4.79 Å². The largest absolute Gasteiger partial charge is 0.508 e. The average Bonchev–Trinajstić information content (AvgIpc) is 2.45. The third-order valence-corrected chi connectivity index (χ3v) is 3.12. The summed E-state index contributed by atoms with van der Waals surface area (Å²) in [5.41, 5.74) is 2.08. The number of phenolic OH excluding ortho intramolecular Hbond substituents is 2. The maximum atomic E-state index is 10.5. The van der Waals surface area contributed by atoms with Gasteiger partial charge in [0.25, 0.3) is 0 Å². The Morgan fingerprint density at radius 2 is 1.48 bits per heavy atom. The minimum Gasteiger partial charge on any atom is -0.508 e. The van der Waals surface area contributed by atoms with Gasteiger partial charge < -0.3 is 20.4 Å². The molecule has 0 saturated heterocycles. The van der Waals surface area contributed by atoms with Gasteiger partial charge in [-0.1, -0.05) is 18.2 Å². The molecule has 0 spiro atoms. The Morgan fingerprint density at radius 3 is 1.90 bits per heavy atom. The van der Waals surface area contributed by atoms with E-state index in [1.54, 1.807) is 32.0 Å². The Bertz CT molecular complexity index is 635. The lowest BCUT2D eigenvalue weighted by molar-refractivity contribution is 0.0695. The monoisotopic (exact) mass is 290 g/mol. The molecule has 0 heterocycles. The third-order valence-electron chi connectivity index (χ3n) is 3.12. The molecule has 0 aliphatic rings. The summed E-state index contributed by atoms with van der Waals surface area (Å²) in [7, 11) is 0. The van der Waals surface area contributed by atoms with Gasteiger partial charge in [0.2, 0.25) is 0 Å². The molecule has 5 heteroatoms. The van der Waals surface area contributed by atoms with Gasteiger partial charge in [0, 0.05) is 5.56 Å². The minimum atomic E-state index is -1.02. The second kappa shape index (κ2) is 7.31. The molecule has 0 aliphatic carbocycles. The van der Waals surface area contributed by atoms with Crippen molar-refractivity contribution in [1.29, 1.82) is 0 Å². The van der Waals surface area contributed by atoms with Gasteiger partial charge in [0.1, 0.15) is 11.5 Å². The van der Waals surface area contributed by atoms with Crippen molar-refractivity contribution in [3.63, 3.8) is 0 Å². The number of aromatic carboxylic acids is 1. The van der Waals surface area contributed by atoms with Crippen LogP contribution in [-0.4, -0.2) is 26.4 Å². The smallest absolute Gasteiger partial charge is 0.336 e. The second-order valence-electron chi connectivity index (χ2n) is 4.47. The molecule has 0 aliphatic heterocycles. The van der Waals surface area contributed by atoms with Crippen LogP contribution in [0.25, 0.3) is 0 Å². The number of hydrogen-bond acceptors (Lipinski definition) is 4. The lowest BCUT2D eigenvalue weighted by Crippen LogP contribution is -1.98. The molecule has 0 aromatic heterocycles. The van der Waals surface area contributed by atoms with E-state index >= 15 is 0 Å². The van der Waals surface area contributed by atoms with E-state index in [1.165, 1.54) is 18.2 Å². The Hall–Kier alpha value is -2.53. The summed E-state index contributed by atoms with van der Waals surface area (Å²) < 4.78 is 0. The van der Waals surface area contributed by atoms with Gasteiger partial charge in [-0.2, -0.15) is 0 Å². The molecule has 2 rings (SSSR count). The van der Waals surface area contributed by atoms with E-state index < -0.39 is 5.97 Å². The first-order chi connectivity index (χ1) is 9.88. The molecular weight excluding hydrogens is 272 g/mol. The second-order valence-corrected chi connectivity index (χ2v) is 4.47. The van der Waals surface area contributed by atoms with Gasteiger partial charge in [-0.25, -0.2) is 4.79 Å². The van der Waals surface area contributed by atoms with Crippen LogP contribution in [0.1, 0.15) is 27.0 Å². The van der Waals surface area contributed by atoms with Crippen LogP contribution >= 0.6 is 0 Å². The predicted octanol–water partition coefficient (Wildman–Crippen LogP) is 2.59. The number of phenols is 2. The van der Waals surface area contributed by atoms with Crippen LogP contribution in [-0.2, 0) is 6.61 Å². The summed E-state index contributed by atoms with van der Waals surface area (Å²) >= 11 is 0. The number of benzene rings is 2. The van der Waals surface area contributed by atoms with Gasteiger partial charge in [-0.15, -0.1) is 0 Å². The van der Waals surface area contributed by atoms with Crippen LogP contribution in [0.5, 0.6) is 11.5 Å². The van der Waals surface area contributed by atoms with Crippen LogP contribution in [0.2, 0.25) is 0 Å². The van der Waals surface area contributed by atoms with Crippen molar-refractivity contribution in [1.82, 2.24) is 0 Å². The molecule has 0 unspecified atom stereocenters. The molecule has 2 aromatic carbocycles. The van der Waals surface area contributed by atoms with E-state index in [0.29, 0.717) is 5.56 Å². The fraction of sp³-hybridized carbons (Fsp3) is 0.188. The molecule has 21 heavy (non-hydrogen) atoms. The lowest BCUT2D eigenvalue weighted by atomic mass is 10.1. The summed E-state index contributed by atoms with van der Waals surface area (Å²) in [5, 5.41) is 35.5. The highest BCUT2D eigenvalue weighted by Gasteiger charge is 2.08. The van der Waals surface area contributed by atoms with E-state index in [-0.39, 0.29) is 23.7 Å². The number of rotatable bonds is 2. The topological polar surface area (TPSA) is 98.0 Å². The van der Waals surface area contributed by atoms with Crippen LogP contribution in [0.15, 0.2) is 36.4 Å². The molecule has 2 aromatic rings. The summed E-state index contributed by atoms with van der Waals surface area (Å²) in [6.07, 6.45) is 0. The fourth-order valence-electron chi connectivity index (χ4n) is 1.70. The molecule has 112 valence electrons. The van der Waals surface area contributed by atoms with Crippen molar-refractivity contribution >= 4 is 5.97 Å².